The molecule has 6 heteroatoms. The molecule has 1 rings (SSSR count). The van der Waals surface area contributed by atoms with Crippen LogP contribution in [0.25, 0.3) is 0 Å². The Labute approximate surface area is 136 Å². The van der Waals surface area contributed by atoms with Crippen LogP contribution in [0.2, 0.25) is 10.0 Å². The van der Waals surface area contributed by atoms with Gasteiger partial charge < -0.3 is 15.0 Å². The van der Waals surface area contributed by atoms with E-state index < -0.39 is 0 Å². The molecule has 0 aliphatic carbocycles. The summed E-state index contributed by atoms with van der Waals surface area (Å²) in [6, 6.07) is 5.02. The van der Waals surface area contributed by atoms with Crippen molar-refractivity contribution in [2.45, 2.75) is 26.3 Å². The molecule has 21 heavy (non-hydrogen) atoms. The first-order valence-corrected chi connectivity index (χ1v) is 7.76. The van der Waals surface area contributed by atoms with Gasteiger partial charge in [0.15, 0.2) is 0 Å². The molecular formula is C15H22Cl2N2O2. The fraction of sp³-hybridized carbons (Fsp3) is 0.533. The number of halogens is 2. The molecule has 0 heterocycles. The molecule has 0 fully saturated rings. The number of nitrogens with one attached hydrogen (secondary N) is 1. The number of urea groups is 1. The van der Waals surface area contributed by atoms with E-state index in [4.69, 9.17) is 27.9 Å². The quantitative estimate of drug-likeness (QED) is 0.763. The van der Waals surface area contributed by atoms with Crippen LogP contribution in [-0.2, 0) is 4.74 Å². The van der Waals surface area contributed by atoms with E-state index >= 15 is 0 Å². The molecule has 1 atom stereocenters. The van der Waals surface area contributed by atoms with E-state index in [0.717, 1.165) is 12.0 Å². The van der Waals surface area contributed by atoms with Crippen molar-refractivity contribution in [3.63, 3.8) is 0 Å². The third-order valence-corrected chi connectivity index (χ3v) is 3.82. The van der Waals surface area contributed by atoms with Gasteiger partial charge in [0.1, 0.15) is 0 Å². The minimum Gasteiger partial charge on any atom is -0.382 e. The number of carbonyl (C=O) groups excluding carboxylic acids is 1. The first-order valence-electron chi connectivity index (χ1n) is 7.00. The normalized spacial score (nSPS) is 12.0. The highest BCUT2D eigenvalue weighted by molar-refractivity contribution is 6.35. The van der Waals surface area contributed by atoms with Crippen molar-refractivity contribution in [1.29, 1.82) is 0 Å². The van der Waals surface area contributed by atoms with Crippen molar-refractivity contribution in [3.05, 3.63) is 33.8 Å². The maximum atomic E-state index is 12.1. The minimum absolute atomic E-state index is 0.134. The largest absolute Gasteiger partial charge is 0.382 e. The highest BCUT2D eigenvalue weighted by Crippen LogP contribution is 2.28. The zero-order chi connectivity index (χ0) is 15.8. The van der Waals surface area contributed by atoms with Crippen LogP contribution in [0.4, 0.5) is 4.79 Å². The molecule has 0 spiro atoms. The monoisotopic (exact) mass is 332 g/mol. The molecule has 0 radical (unpaired) electrons. The van der Waals surface area contributed by atoms with Crippen LogP contribution in [0.15, 0.2) is 18.2 Å². The van der Waals surface area contributed by atoms with Gasteiger partial charge in [-0.05, 0) is 38.0 Å². The molecule has 1 unspecified atom stereocenters. The molecule has 0 saturated heterocycles. The smallest absolute Gasteiger partial charge is 0.317 e. The molecular weight excluding hydrogens is 311 g/mol. The Morgan fingerprint density at radius 2 is 2.14 bits per heavy atom. The van der Waals surface area contributed by atoms with Gasteiger partial charge in [-0.3, -0.25) is 0 Å². The van der Waals surface area contributed by atoms with Crippen LogP contribution in [0.1, 0.15) is 31.9 Å². The van der Waals surface area contributed by atoms with Gasteiger partial charge >= 0.3 is 6.03 Å². The van der Waals surface area contributed by atoms with Gasteiger partial charge in [0, 0.05) is 36.9 Å². The van der Waals surface area contributed by atoms with E-state index in [0.29, 0.717) is 29.8 Å². The van der Waals surface area contributed by atoms with Gasteiger partial charge in [-0.25, -0.2) is 4.79 Å². The Bertz CT molecular complexity index is 469. The fourth-order valence-corrected chi connectivity index (χ4v) is 2.43. The zero-order valence-electron chi connectivity index (χ0n) is 12.7. The number of rotatable bonds is 7. The topological polar surface area (TPSA) is 41.6 Å². The summed E-state index contributed by atoms with van der Waals surface area (Å²) in [4.78, 5) is 13.7. The lowest BCUT2D eigenvalue weighted by Crippen LogP contribution is -2.39. The zero-order valence-corrected chi connectivity index (χ0v) is 14.2. The second-order valence-corrected chi connectivity index (χ2v) is 5.58. The molecule has 2 amide bonds. The molecule has 0 aliphatic heterocycles. The van der Waals surface area contributed by atoms with Crippen molar-refractivity contribution < 1.29 is 9.53 Å². The van der Waals surface area contributed by atoms with Crippen LogP contribution in [-0.4, -0.2) is 37.7 Å². The first kappa shape index (κ1) is 18.1. The average molecular weight is 333 g/mol. The molecule has 1 aromatic carbocycles. The SMILES string of the molecule is CCOCCCNC(=O)N(C)C(C)c1ccc(Cl)cc1Cl. The predicted molar refractivity (Wildman–Crippen MR) is 87.1 cm³/mol. The van der Waals surface area contributed by atoms with Crippen LogP contribution in [0, 0.1) is 0 Å². The van der Waals surface area contributed by atoms with Gasteiger partial charge in [0.2, 0.25) is 0 Å². The number of carbonyl (C=O) groups is 1. The van der Waals surface area contributed by atoms with E-state index in [9.17, 15) is 4.79 Å². The molecule has 0 bridgehead atoms. The number of ether oxygens (including phenoxy) is 1. The third kappa shape index (κ3) is 5.73. The Hall–Kier alpha value is -0.970. The summed E-state index contributed by atoms with van der Waals surface area (Å²) in [6.45, 7) is 5.81. The van der Waals surface area contributed by atoms with Crippen LogP contribution >= 0.6 is 23.2 Å². The van der Waals surface area contributed by atoms with E-state index in [2.05, 4.69) is 5.32 Å². The van der Waals surface area contributed by atoms with Crippen molar-refractivity contribution in [3.8, 4) is 0 Å². The summed E-state index contributed by atoms with van der Waals surface area (Å²) < 4.78 is 5.22. The summed E-state index contributed by atoms with van der Waals surface area (Å²) in [5.74, 6) is 0. The molecule has 118 valence electrons. The Morgan fingerprint density at radius 3 is 2.76 bits per heavy atom. The van der Waals surface area contributed by atoms with Gasteiger partial charge in [-0.15, -0.1) is 0 Å². The summed E-state index contributed by atoms with van der Waals surface area (Å²) in [5, 5.41) is 4.00. The van der Waals surface area contributed by atoms with E-state index in [1.54, 1.807) is 24.1 Å². The highest BCUT2D eigenvalue weighted by Gasteiger charge is 2.19. The second kappa shape index (κ2) is 9.13. The Balaban J connectivity index is 2.52. The Morgan fingerprint density at radius 1 is 1.43 bits per heavy atom. The van der Waals surface area contributed by atoms with E-state index in [1.807, 2.05) is 19.9 Å². The van der Waals surface area contributed by atoms with Gasteiger partial charge in [-0.2, -0.15) is 0 Å². The number of hydrogen-bond acceptors (Lipinski definition) is 2. The fourth-order valence-electron chi connectivity index (χ4n) is 1.86. The van der Waals surface area contributed by atoms with Crippen LogP contribution in [0.3, 0.4) is 0 Å². The van der Waals surface area contributed by atoms with Crippen LogP contribution < -0.4 is 5.32 Å². The van der Waals surface area contributed by atoms with Gasteiger partial charge in [0.25, 0.3) is 0 Å². The molecule has 0 aliphatic rings. The van der Waals surface area contributed by atoms with Gasteiger partial charge in [-0.1, -0.05) is 29.3 Å². The summed E-state index contributed by atoms with van der Waals surface area (Å²) in [6.07, 6.45) is 0.795. The first-order chi connectivity index (χ1) is 9.97. The highest BCUT2D eigenvalue weighted by atomic mass is 35.5. The standard InChI is InChI=1S/C15H22Cl2N2O2/c1-4-21-9-5-8-18-15(20)19(3)11(2)13-7-6-12(16)10-14(13)17/h6-7,10-11H,4-5,8-9H2,1-3H3,(H,18,20). The number of benzene rings is 1. The summed E-state index contributed by atoms with van der Waals surface area (Å²) in [5.41, 5.74) is 0.869. The summed E-state index contributed by atoms with van der Waals surface area (Å²) >= 11 is 12.1. The molecule has 4 nitrogen and oxygen atoms in total. The van der Waals surface area contributed by atoms with Crippen molar-refractivity contribution >= 4 is 29.2 Å². The lowest BCUT2D eigenvalue weighted by atomic mass is 10.1. The summed E-state index contributed by atoms with van der Waals surface area (Å²) in [7, 11) is 1.74. The van der Waals surface area contributed by atoms with Crippen molar-refractivity contribution in [2.24, 2.45) is 0 Å². The van der Waals surface area contributed by atoms with Crippen molar-refractivity contribution in [1.82, 2.24) is 10.2 Å². The van der Waals surface area contributed by atoms with Gasteiger partial charge in [0.05, 0.1) is 6.04 Å². The molecule has 1 aromatic rings. The number of nitrogens with zero attached hydrogens (tertiary/aromatic N) is 1. The predicted octanol–water partition coefficient (Wildman–Crippen LogP) is 4.12. The van der Waals surface area contributed by atoms with E-state index in [1.165, 1.54) is 0 Å². The molecule has 1 N–H and O–H groups in total. The minimum atomic E-state index is -0.137. The maximum absolute atomic E-state index is 12.1. The van der Waals surface area contributed by atoms with E-state index in [-0.39, 0.29) is 12.1 Å². The molecule has 0 saturated carbocycles. The third-order valence-electron chi connectivity index (χ3n) is 3.26. The lowest BCUT2D eigenvalue weighted by Gasteiger charge is -2.26. The lowest BCUT2D eigenvalue weighted by molar-refractivity contribution is 0.143. The maximum Gasteiger partial charge on any atom is 0.317 e. The van der Waals surface area contributed by atoms with Crippen LogP contribution in [0.5, 0.6) is 0 Å². The average Bonchev–Trinajstić information content (AvgIpc) is 2.45. The Kier molecular flexibility index (Phi) is 7.86. The number of amides is 2. The second-order valence-electron chi connectivity index (χ2n) is 4.74. The molecule has 0 aromatic heterocycles. The number of hydrogen-bond donors (Lipinski definition) is 1. The van der Waals surface area contributed by atoms with Crippen molar-refractivity contribution in [2.75, 3.05) is 26.8 Å².